The maximum absolute atomic E-state index is 12.5. The van der Waals surface area contributed by atoms with Gasteiger partial charge in [0, 0.05) is 5.57 Å². The van der Waals surface area contributed by atoms with E-state index in [0.29, 0.717) is 12.8 Å². The Hall–Kier alpha value is -1.77. The van der Waals surface area contributed by atoms with Gasteiger partial charge in [0.25, 0.3) is 0 Å². The van der Waals surface area contributed by atoms with Crippen molar-refractivity contribution in [1.29, 1.82) is 0 Å². The molecule has 0 nitrogen and oxygen atoms in total. The summed E-state index contributed by atoms with van der Waals surface area (Å²) in [6.07, 6.45) is 18.4. The van der Waals surface area contributed by atoms with Crippen molar-refractivity contribution in [3.8, 4) is 0 Å². The summed E-state index contributed by atoms with van der Waals surface area (Å²) in [5.74, 6) is 0. The van der Waals surface area contributed by atoms with Gasteiger partial charge in [-0.05, 0) is 113 Å². The van der Waals surface area contributed by atoms with Gasteiger partial charge in [0.1, 0.15) is 0 Å². The average Bonchev–Trinajstić information content (AvgIpc) is 2.72. The summed E-state index contributed by atoms with van der Waals surface area (Å²) in [5, 5.41) is 0. The van der Waals surface area contributed by atoms with Gasteiger partial charge in [-0.3, -0.25) is 0 Å². The zero-order valence-electron chi connectivity index (χ0n) is 22.2. The van der Waals surface area contributed by atoms with Gasteiger partial charge in [-0.25, -0.2) is 0 Å². The molecule has 0 aromatic heterocycles. The van der Waals surface area contributed by atoms with Crippen LogP contribution in [0.1, 0.15) is 113 Å². The second-order valence-electron chi connectivity index (χ2n) is 9.60. The molecule has 0 bridgehead atoms. The minimum atomic E-state index is -4.20. The molecule has 0 radical (unpaired) electrons. The fourth-order valence-corrected chi connectivity index (χ4v) is 3.34. The number of hydrogen-bond donors (Lipinski definition) is 0. The molecule has 3 heteroatoms. The van der Waals surface area contributed by atoms with E-state index in [-0.39, 0.29) is 0 Å². The maximum Gasteiger partial charge on any atom is 0.412 e. The van der Waals surface area contributed by atoms with E-state index in [9.17, 15) is 13.2 Å². The molecular weight excluding hydrogens is 417 g/mol. The summed E-state index contributed by atoms with van der Waals surface area (Å²) in [5.41, 5.74) is 6.38. The van der Waals surface area contributed by atoms with E-state index in [0.717, 1.165) is 63.9 Å². The normalized spacial score (nSPS) is 14.7. The van der Waals surface area contributed by atoms with Crippen molar-refractivity contribution in [1.82, 2.24) is 0 Å². The lowest BCUT2D eigenvalue weighted by molar-refractivity contribution is -0.0915. The highest BCUT2D eigenvalue weighted by Gasteiger charge is 2.29. The van der Waals surface area contributed by atoms with Gasteiger partial charge in [-0.1, -0.05) is 64.3 Å². The molecular formula is C30H47F3. The minimum absolute atomic E-state index is 0.444. The highest BCUT2D eigenvalue weighted by Crippen LogP contribution is 2.25. The Labute approximate surface area is 202 Å². The Bertz CT molecular complexity index is 733. The number of hydrogen-bond acceptors (Lipinski definition) is 0. The summed E-state index contributed by atoms with van der Waals surface area (Å²) in [4.78, 5) is 0. The van der Waals surface area contributed by atoms with Crippen molar-refractivity contribution < 1.29 is 13.2 Å². The first-order valence-electron chi connectivity index (χ1n) is 12.4. The SMILES string of the molecule is CC(C)=CCC/C=C(\C)CC/C(C)=C/CC/C=C(\C)CC/C=C(\C)CC/C=C(\C)C(F)(F)F. The third kappa shape index (κ3) is 19.4. The van der Waals surface area contributed by atoms with Crippen LogP contribution in [0.15, 0.2) is 69.9 Å². The molecule has 0 aliphatic carbocycles. The molecule has 0 aliphatic rings. The lowest BCUT2D eigenvalue weighted by Gasteiger charge is -2.06. The molecule has 0 N–H and O–H groups in total. The van der Waals surface area contributed by atoms with Gasteiger partial charge in [-0.2, -0.15) is 13.2 Å². The van der Waals surface area contributed by atoms with Crippen molar-refractivity contribution in [3.63, 3.8) is 0 Å². The molecule has 0 fully saturated rings. The van der Waals surface area contributed by atoms with E-state index in [1.165, 1.54) is 28.4 Å². The number of allylic oxidation sites excluding steroid dienone is 12. The van der Waals surface area contributed by atoms with Crippen molar-refractivity contribution >= 4 is 0 Å². The molecule has 0 atom stereocenters. The summed E-state index contributed by atoms with van der Waals surface area (Å²) < 4.78 is 37.4. The van der Waals surface area contributed by atoms with Crippen LogP contribution < -0.4 is 0 Å². The summed E-state index contributed by atoms with van der Waals surface area (Å²) in [7, 11) is 0. The average molecular weight is 465 g/mol. The first kappa shape index (κ1) is 31.2. The highest BCUT2D eigenvalue weighted by molar-refractivity contribution is 5.09. The Balaban J connectivity index is 4.16. The molecule has 0 heterocycles. The number of alkyl halides is 3. The van der Waals surface area contributed by atoms with E-state index in [4.69, 9.17) is 0 Å². The Morgan fingerprint density at radius 2 is 0.788 bits per heavy atom. The van der Waals surface area contributed by atoms with Gasteiger partial charge in [-0.15, -0.1) is 0 Å². The predicted molar refractivity (Wildman–Crippen MR) is 140 cm³/mol. The van der Waals surface area contributed by atoms with Gasteiger partial charge in [0.05, 0.1) is 0 Å². The Morgan fingerprint density at radius 1 is 0.455 bits per heavy atom. The Kier molecular flexibility index (Phi) is 16.7. The van der Waals surface area contributed by atoms with E-state index in [2.05, 4.69) is 65.0 Å². The van der Waals surface area contributed by atoms with Gasteiger partial charge >= 0.3 is 6.18 Å². The number of unbranched alkanes of at least 4 members (excludes halogenated alkanes) is 2. The second-order valence-corrected chi connectivity index (χ2v) is 9.60. The summed E-state index contributed by atoms with van der Waals surface area (Å²) in [6.45, 7) is 14.1. The van der Waals surface area contributed by atoms with Crippen LogP contribution in [-0.4, -0.2) is 6.18 Å². The smallest absolute Gasteiger partial charge is 0.167 e. The fraction of sp³-hybridized carbons (Fsp3) is 0.600. The molecule has 0 amide bonds. The van der Waals surface area contributed by atoms with Crippen molar-refractivity contribution in [3.05, 3.63) is 69.9 Å². The Morgan fingerprint density at radius 3 is 1.18 bits per heavy atom. The van der Waals surface area contributed by atoms with Crippen LogP contribution in [0, 0.1) is 0 Å². The van der Waals surface area contributed by atoms with E-state index in [1.54, 1.807) is 0 Å². The van der Waals surface area contributed by atoms with Crippen molar-refractivity contribution in [2.75, 3.05) is 0 Å². The second kappa shape index (κ2) is 17.7. The first-order chi connectivity index (χ1) is 15.4. The molecule has 0 aliphatic heterocycles. The van der Waals surface area contributed by atoms with Gasteiger partial charge in [0.15, 0.2) is 0 Å². The third-order valence-electron chi connectivity index (χ3n) is 5.75. The van der Waals surface area contributed by atoms with Crippen LogP contribution in [0.2, 0.25) is 0 Å². The third-order valence-corrected chi connectivity index (χ3v) is 5.75. The molecule has 0 rings (SSSR count). The zero-order chi connectivity index (χ0) is 25.3. The number of rotatable bonds is 15. The quantitative estimate of drug-likeness (QED) is 0.167. The van der Waals surface area contributed by atoms with Crippen LogP contribution in [0.25, 0.3) is 0 Å². The number of halogens is 3. The van der Waals surface area contributed by atoms with E-state index in [1.807, 2.05) is 6.92 Å². The first-order valence-corrected chi connectivity index (χ1v) is 12.4. The highest BCUT2D eigenvalue weighted by atomic mass is 19.4. The summed E-state index contributed by atoms with van der Waals surface area (Å²) >= 11 is 0. The molecule has 33 heavy (non-hydrogen) atoms. The lowest BCUT2D eigenvalue weighted by atomic mass is 10.0. The van der Waals surface area contributed by atoms with Gasteiger partial charge < -0.3 is 0 Å². The topological polar surface area (TPSA) is 0 Å². The fourth-order valence-electron chi connectivity index (χ4n) is 3.34. The van der Waals surface area contributed by atoms with Crippen molar-refractivity contribution in [2.45, 2.75) is 119 Å². The molecule has 0 aromatic carbocycles. The standard InChI is InChI=1S/C30H47F3/c1-24(2)14-8-9-16-27(5)22-23-28(6)17-11-10-15-25(3)18-12-19-26(4)20-13-21-29(7)30(31,32)33/h14-17,19,21H,8-13,18,20,22-23H2,1-7H3/b25-15+,26-19+,27-16+,28-17+,29-21+. The molecule has 0 unspecified atom stereocenters. The van der Waals surface area contributed by atoms with Crippen molar-refractivity contribution in [2.24, 2.45) is 0 Å². The summed E-state index contributed by atoms with van der Waals surface area (Å²) in [6, 6.07) is 0. The van der Waals surface area contributed by atoms with E-state index < -0.39 is 11.7 Å². The zero-order valence-corrected chi connectivity index (χ0v) is 22.2. The van der Waals surface area contributed by atoms with E-state index >= 15 is 0 Å². The molecule has 0 saturated carbocycles. The largest absolute Gasteiger partial charge is 0.412 e. The van der Waals surface area contributed by atoms with Crippen LogP contribution >= 0.6 is 0 Å². The van der Waals surface area contributed by atoms with Gasteiger partial charge in [0.2, 0.25) is 0 Å². The minimum Gasteiger partial charge on any atom is -0.167 e. The van der Waals surface area contributed by atoms with Crippen LogP contribution in [0.5, 0.6) is 0 Å². The van der Waals surface area contributed by atoms with Crippen LogP contribution in [-0.2, 0) is 0 Å². The molecule has 0 aromatic rings. The lowest BCUT2D eigenvalue weighted by Crippen LogP contribution is -2.08. The monoisotopic (exact) mass is 464 g/mol. The maximum atomic E-state index is 12.5. The predicted octanol–water partition coefficient (Wildman–Crippen LogP) is 11.1. The molecule has 188 valence electrons. The van der Waals surface area contributed by atoms with Crippen LogP contribution in [0.3, 0.4) is 0 Å². The molecule has 0 spiro atoms. The van der Waals surface area contributed by atoms with Crippen LogP contribution in [0.4, 0.5) is 13.2 Å². The molecule has 0 saturated heterocycles.